The van der Waals surface area contributed by atoms with E-state index in [4.69, 9.17) is 5.11 Å². The first kappa shape index (κ1) is 14.3. The highest BCUT2D eigenvalue weighted by Gasteiger charge is 2.21. The lowest BCUT2D eigenvalue weighted by molar-refractivity contribution is -0.137. The van der Waals surface area contributed by atoms with Crippen LogP contribution in [-0.4, -0.2) is 42.9 Å². The van der Waals surface area contributed by atoms with Crippen LogP contribution in [0.15, 0.2) is 0 Å². The Hall–Kier alpha value is -0.660. The molecule has 1 atom stereocenters. The van der Waals surface area contributed by atoms with Crippen molar-refractivity contribution in [3.05, 3.63) is 0 Å². The molecule has 2 N–H and O–H groups in total. The van der Waals surface area contributed by atoms with Gasteiger partial charge in [-0.2, -0.15) is 17.4 Å². The lowest BCUT2D eigenvalue weighted by Gasteiger charge is -2.21. The van der Waals surface area contributed by atoms with Gasteiger partial charge in [0.2, 0.25) is 0 Å². The van der Waals surface area contributed by atoms with Gasteiger partial charge in [0.25, 0.3) is 10.2 Å². The Balaban J connectivity index is 4.43. The van der Waals surface area contributed by atoms with Gasteiger partial charge in [-0.1, -0.05) is 13.8 Å². The molecule has 0 heterocycles. The standard InChI is InChI=1S/C8H18N2O4S/c1-4-10(5-2)15(13,14)9-7(3)6-8(11)12/h7,9H,4-6H2,1-3H3,(H,11,12). The molecule has 0 aromatic heterocycles. The maximum atomic E-state index is 11.6. The summed E-state index contributed by atoms with van der Waals surface area (Å²) in [6.45, 7) is 5.71. The number of nitrogens with one attached hydrogen (secondary N) is 1. The highest BCUT2D eigenvalue weighted by molar-refractivity contribution is 7.87. The van der Waals surface area contributed by atoms with E-state index in [1.54, 1.807) is 13.8 Å². The molecule has 0 saturated carbocycles. The van der Waals surface area contributed by atoms with E-state index in [0.717, 1.165) is 0 Å². The highest BCUT2D eigenvalue weighted by Crippen LogP contribution is 2.00. The van der Waals surface area contributed by atoms with Crippen molar-refractivity contribution in [3.8, 4) is 0 Å². The molecule has 0 bridgehead atoms. The second-order valence-electron chi connectivity index (χ2n) is 3.21. The zero-order valence-corrected chi connectivity index (χ0v) is 10.0. The molecule has 15 heavy (non-hydrogen) atoms. The van der Waals surface area contributed by atoms with Gasteiger partial charge < -0.3 is 5.11 Å². The third-order valence-corrected chi connectivity index (χ3v) is 3.77. The third-order valence-electron chi connectivity index (χ3n) is 1.88. The van der Waals surface area contributed by atoms with Crippen molar-refractivity contribution in [1.82, 2.24) is 9.03 Å². The second kappa shape index (κ2) is 6.04. The fourth-order valence-corrected chi connectivity index (χ4v) is 2.62. The van der Waals surface area contributed by atoms with Gasteiger partial charge >= 0.3 is 5.97 Å². The summed E-state index contributed by atoms with van der Waals surface area (Å²) < 4.78 is 26.8. The van der Waals surface area contributed by atoms with Crippen LogP contribution in [0.4, 0.5) is 0 Å². The molecule has 0 aliphatic rings. The highest BCUT2D eigenvalue weighted by atomic mass is 32.2. The first-order chi connectivity index (χ1) is 6.83. The number of hydrogen-bond donors (Lipinski definition) is 2. The summed E-state index contributed by atoms with van der Waals surface area (Å²) in [7, 11) is -3.55. The van der Waals surface area contributed by atoms with Gasteiger partial charge in [0.1, 0.15) is 0 Å². The zero-order chi connectivity index (χ0) is 12.1. The van der Waals surface area contributed by atoms with Crippen molar-refractivity contribution >= 4 is 16.2 Å². The van der Waals surface area contributed by atoms with Crippen LogP contribution in [-0.2, 0) is 15.0 Å². The summed E-state index contributed by atoms with van der Waals surface area (Å²) in [5.74, 6) is -1.02. The van der Waals surface area contributed by atoms with Crippen LogP contribution in [0.25, 0.3) is 0 Å². The topological polar surface area (TPSA) is 86.7 Å². The predicted molar refractivity (Wildman–Crippen MR) is 56.7 cm³/mol. The van der Waals surface area contributed by atoms with Gasteiger partial charge in [-0.15, -0.1) is 0 Å². The number of aliphatic carboxylic acids is 1. The normalized spacial score (nSPS) is 14.1. The fraction of sp³-hybridized carbons (Fsp3) is 0.875. The van der Waals surface area contributed by atoms with Crippen molar-refractivity contribution in [3.63, 3.8) is 0 Å². The van der Waals surface area contributed by atoms with Crippen molar-refractivity contribution in [1.29, 1.82) is 0 Å². The van der Waals surface area contributed by atoms with Gasteiger partial charge in [0, 0.05) is 19.1 Å². The van der Waals surface area contributed by atoms with E-state index >= 15 is 0 Å². The van der Waals surface area contributed by atoms with Gasteiger partial charge in [-0.05, 0) is 6.92 Å². The molecular formula is C8H18N2O4S. The summed E-state index contributed by atoms with van der Waals surface area (Å²) in [5, 5.41) is 8.49. The van der Waals surface area contributed by atoms with Crippen LogP contribution < -0.4 is 4.72 Å². The van der Waals surface area contributed by atoms with Crippen LogP contribution in [0.3, 0.4) is 0 Å². The van der Waals surface area contributed by atoms with Crippen molar-refractivity contribution in [2.45, 2.75) is 33.2 Å². The largest absolute Gasteiger partial charge is 0.481 e. The van der Waals surface area contributed by atoms with Crippen molar-refractivity contribution in [2.24, 2.45) is 0 Å². The molecule has 0 rings (SSSR count). The minimum Gasteiger partial charge on any atom is -0.481 e. The third kappa shape index (κ3) is 5.10. The van der Waals surface area contributed by atoms with E-state index < -0.39 is 22.2 Å². The van der Waals surface area contributed by atoms with E-state index in [-0.39, 0.29) is 6.42 Å². The number of nitrogens with zero attached hydrogens (tertiary/aromatic N) is 1. The smallest absolute Gasteiger partial charge is 0.304 e. The molecule has 0 aromatic carbocycles. The van der Waals surface area contributed by atoms with E-state index in [1.807, 2.05) is 0 Å². The van der Waals surface area contributed by atoms with Crippen molar-refractivity contribution < 1.29 is 18.3 Å². The minimum atomic E-state index is -3.55. The number of carboxylic acids is 1. The Morgan fingerprint density at radius 1 is 1.40 bits per heavy atom. The summed E-state index contributed by atoms with van der Waals surface area (Å²) in [6, 6.07) is -0.604. The first-order valence-electron chi connectivity index (χ1n) is 4.82. The lowest BCUT2D eigenvalue weighted by atomic mass is 10.3. The lowest BCUT2D eigenvalue weighted by Crippen LogP contribution is -2.44. The zero-order valence-electron chi connectivity index (χ0n) is 9.23. The summed E-state index contributed by atoms with van der Waals surface area (Å²) >= 11 is 0. The number of rotatable bonds is 7. The molecule has 7 heteroatoms. The average molecular weight is 238 g/mol. The van der Waals surface area contributed by atoms with E-state index in [2.05, 4.69) is 4.72 Å². The van der Waals surface area contributed by atoms with E-state index in [1.165, 1.54) is 11.2 Å². The van der Waals surface area contributed by atoms with E-state index in [0.29, 0.717) is 13.1 Å². The molecule has 90 valence electrons. The van der Waals surface area contributed by atoms with Crippen LogP contribution in [0, 0.1) is 0 Å². The molecule has 0 saturated heterocycles. The molecule has 0 spiro atoms. The number of carbonyl (C=O) groups is 1. The number of hydrogen-bond acceptors (Lipinski definition) is 3. The summed E-state index contributed by atoms with van der Waals surface area (Å²) in [4.78, 5) is 10.4. The molecule has 0 aliphatic heterocycles. The first-order valence-corrected chi connectivity index (χ1v) is 6.26. The molecule has 0 fully saturated rings. The van der Waals surface area contributed by atoms with Crippen LogP contribution in [0.1, 0.15) is 27.2 Å². The second-order valence-corrected chi connectivity index (χ2v) is 4.91. The quantitative estimate of drug-likeness (QED) is 0.655. The molecule has 6 nitrogen and oxygen atoms in total. The Morgan fingerprint density at radius 2 is 1.87 bits per heavy atom. The van der Waals surface area contributed by atoms with Crippen molar-refractivity contribution in [2.75, 3.05) is 13.1 Å². The monoisotopic (exact) mass is 238 g/mol. The van der Waals surface area contributed by atoms with Crippen LogP contribution in [0.5, 0.6) is 0 Å². The average Bonchev–Trinajstić information content (AvgIpc) is 2.02. The molecule has 0 amide bonds. The minimum absolute atomic E-state index is 0.222. The van der Waals surface area contributed by atoms with Crippen LogP contribution >= 0.6 is 0 Å². The maximum absolute atomic E-state index is 11.6. The Bertz CT molecular complexity index is 298. The predicted octanol–water partition coefficient (Wildman–Crippen LogP) is 0.0258. The maximum Gasteiger partial charge on any atom is 0.304 e. The van der Waals surface area contributed by atoms with Crippen LogP contribution in [0.2, 0.25) is 0 Å². The Labute approximate surface area is 90.5 Å². The van der Waals surface area contributed by atoms with Gasteiger partial charge in [-0.3, -0.25) is 4.79 Å². The Kier molecular flexibility index (Phi) is 5.77. The molecular weight excluding hydrogens is 220 g/mol. The van der Waals surface area contributed by atoms with Gasteiger partial charge in [0.15, 0.2) is 0 Å². The molecule has 0 aromatic rings. The number of carboxylic acid groups (broad SMARTS) is 1. The molecule has 1 unspecified atom stereocenters. The molecule has 0 radical (unpaired) electrons. The van der Waals surface area contributed by atoms with Gasteiger partial charge in [-0.25, -0.2) is 0 Å². The SMILES string of the molecule is CCN(CC)S(=O)(=O)NC(C)CC(=O)O. The fourth-order valence-electron chi connectivity index (χ4n) is 1.20. The summed E-state index contributed by atoms with van der Waals surface area (Å²) in [5.41, 5.74) is 0. The van der Waals surface area contributed by atoms with E-state index in [9.17, 15) is 13.2 Å². The molecule has 0 aliphatic carbocycles. The summed E-state index contributed by atoms with van der Waals surface area (Å²) in [6.07, 6.45) is -0.222. The Morgan fingerprint density at radius 3 is 2.20 bits per heavy atom. The van der Waals surface area contributed by atoms with Gasteiger partial charge in [0.05, 0.1) is 6.42 Å².